The lowest BCUT2D eigenvalue weighted by Gasteiger charge is -2.27. The van der Waals surface area contributed by atoms with Gasteiger partial charge in [0.25, 0.3) is 0 Å². The first-order valence-corrected chi connectivity index (χ1v) is 9.81. The number of nitrogens with zero attached hydrogens (tertiary/aromatic N) is 1. The molecule has 0 aromatic heterocycles. The van der Waals surface area contributed by atoms with E-state index in [1.165, 1.54) is 11.1 Å². The molecule has 0 bridgehead atoms. The van der Waals surface area contributed by atoms with Crippen LogP contribution in [0.2, 0.25) is 0 Å². The van der Waals surface area contributed by atoms with Gasteiger partial charge in [0.05, 0.1) is 29.3 Å². The molecule has 1 atom stereocenters. The van der Waals surface area contributed by atoms with Gasteiger partial charge in [-0.05, 0) is 69.5 Å². The first kappa shape index (κ1) is 19.7. The fraction of sp³-hybridized carbons (Fsp3) is 0.429. The third-order valence-corrected chi connectivity index (χ3v) is 6.58. The molecule has 1 aromatic carbocycles. The maximum absolute atomic E-state index is 12.7. The van der Waals surface area contributed by atoms with Crippen LogP contribution in [0.15, 0.2) is 52.6 Å². The molecule has 0 amide bonds. The highest BCUT2D eigenvalue weighted by atomic mass is 32.2. The monoisotopic (exact) mass is 359 g/mol. The van der Waals surface area contributed by atoms with Crippen LogP contribution in [0.3, 0.4) is 0 Å². The standard InChI is InChI=1S/C21H29NO2S/c1-8-15(3)16(4)17(5)22(7)18(6)19-9-14(2)10-20(11-19)25(23)21-12-24-13-21/h8-11,21H,6,12-13H2,1-5,7H3/b15-8+,17-16-. The third-order valence-electron chi connectivity index (χ3n) is 5.00. The normalized spacial score (nSPS) is 17.6. The maximum Gasteiger partial charge on any atom is 0.0861 e. The number of allylic oxidation sites excluding steroid dienone is 4. The van der Waals surface area contributed by atoms with Crippen LogP contribution in [0, 0.1) is 6.92 Å². The summed E-state index contributed by atoms with van der Waals surface area (Å²) in [5.41, 5.74) is 6.68. The van der Waals surface area contributed by atoms with Gasteiger partial charge in [0, 0.05) is 23.3 Å². The lowest BCUT2D eigenvalue weighted by molar-refractivity contribution is 0.0435. The van der Waals surface area contributed by atoms with Crippen molar-refractivity contribution in [3.63, 3.8) is 0 Å². The summed E-state index contributed by atoms with van der Waals surface area (Å²) in [4.78, 5) is 2.97. The molecule has 0 saturated carbocycles. The predicted octanol–water partition coefficient (Wildman–Crippen LogP) is 4.66. The summed E-state index contributed by atoms with van der Waals surface area (Å²) in [6.07, 6.45) is 2.12. The lowest BCUT2D eigenvalue weighted by atomic mass is 10.0. The highest BCUT2D eigenvalue weighted by Gasteiger charge is 2.26. The van der Waals surface area contributed by atoms with Crippen LogP contribution in [0.5, 0.6) is 0 Å². The van der Waals surface area contributed by atoms with Crippen molar-refractivity contribution in [1.82, 2.24) is 4.90 Å². The van der Waals surface area contributed by atoms with E-state index >= 15 is 0 Å². The van der Waals surface area contributed by atoms with Gasteiger partial charge in [-0.2, -0.15) is 0 Å². The summed E-state index contributed by atoms with van der Waals surface area (Å²) in [5.74, 6) is 0. The zero-order valence-electron chi connectivity index (χ0n) is 16.2. The summed E-state index contributed by atoms with van der Waals surface area (Å²) < 4.78 is 17.8. The fourth-order valence-electron chi connectivity index (χ4n) is 2.71. The SMILES string of the molecule is C=C(c1cc(C)cc(S(=O)C2COC2)c1)N(C)/C(C)=C(C)\C(C)=C\C. The van der Waals surface area contributed by atoms with Crippen LogP contribution in [-0.4, -0.2) is 34.6 Å². The highest BCUT2D eigenvalue weighted by Crippen LogP contribution is 2.27. The van der Waals surface area contributed by atoms with Crippen LogP contribution in [0.25, 0.3) is 5.70 Å². The average molecular weight is 360 g/mol. The van der Waals surface area contributed by atoms with E-state index in [1.54, 1.807) is 0 Å². The van der Waals surface area contributed by atoms with Gasteiger partial charge >= 0.3 is 0 Å². The van der Waals surface area contributed by atoms with Gasteiger partial charge in [0.2, 0.25) is 0 Å². The van der Waals surface area contributed by atoms with Crippen LogP contribution in [-0.2, 0) is 15.5 Å². The van der Waals surface area contributed by atoms with Crippen molar-refractivity contribution < 1.29 is 8.95 Å². The maximum atomic E-state index is 12.7. The Kier molecular flexibility index (Phi) is 6.42. The second-order valence-electron chi connectivity index (χ2n) is 6.68. The van der Waals surface area contributed by atoms with Crippen molar-refractivity contribution in [3.05, 3.63) is 58.8 Å². The largest absolute Gasteiger partial charge is 0.379 e. The number of rotatable bonds is 6. The molecule has 0 N–H and O–H groups in total. The van der Waals surface area contributed by atoms with E-state index in [0.717, 1.165) is 27.4 Å². The Morgan fingerprint density at radius 3 is 2.44 bits per heavy atom. The molecule has 1 aliphatic heterocycles. The molecule has 4 heteroatoms. The first-order chi connectivity index (χ1) is 11.8. The fourth-order valence-corrected chi connectivity index (χ4v) is 4.08. The van der Waals surface area contributed by atoms with Gasteiger partial charge in [-0.25, -0.2) is 0 Å². The van der Waals surface area contributed by atoms with Crippen LogP contribution < -0.4 is 0 Å². The Morgan fingerprint density at radius 1 is 1.28 bits per heavy atom. The van der Waals surface area contributed by atoms with Crippen molar-refractivity contribution in [2.45, 2.75) is 44.8 Å². The van der Waals surface area contributed by atoms with Crippen LogP contribution in [0.1, 0.15) is 38.8 Å². The number of benzene rings is 1. The van der Waals surface area contributed by atoms with Crippen LogP contribution in [0.4, 0.5) is 0 Å². The Bertz CT molecular complexity index is 757. The van der Waals surface area contributed by atoms with Gasteiger partial charge in [-0.1, -0.05) is 18.2 Å². The minimum absolute atomic E-state index is 0.113. The number of hydrogen-bond acceptors (Lipinski definition) is 3. The number of aryl methyl sites for hydroxylation is 1. The quantitative estimate of drug-likeness (QED) is 0.692. The lowest BCUT2D eigenvalue weighted by Crippen LogP contribution is -2.37. The molecule has 1 aliphatic rings. The minimum atomic E-state index is -1.03. The molecule has 2 rings (SSSR count). The summed E-state index contributed by atoms with van der Waals surface area (Å²) in [5, 5.41) is 0.113. The molecule has 0 spiro atoms. The van der Waals surface area contributed by atoms with Crippen molar-refractivity contribution in [2.24, 2.45) is 0 Å². The molecule has 25 heavy (non-hydrogen) atoms. The number of hydrogen-bond donors (Lipinski definition) is 0. The summed E-state index contributed by atoms with van der Waals surface area (Å²) in [7, 11) is 1.00. The molecule has 0 aliphatic carbocycles. The Labute approximate surface area is 154 Å². The van der Waals surface area contributed by atoms with E-state index in [1.807, 2.05) is 33.0 Å². The second-order valence-corrected chi connectivity index (χ2v) is 8.41. The smallest absolute Gasteiger partial charge is 0.0861 e. The first-order valence-electron chi connectivity index (χ1n) is 8.60. The van der Waals surface area contributed by atoms with Crippen molar-refractivity contribution in [1.29, 1.82) is 0 Å². The molecule has 1 unspecified atom stereocenters. The van der Waals surface area contributed by atoms with E-state index in [9.17, 15) is 4.21 Å². The summed E-state index contributed by atoms with van der Waals surface area (Å²) in [6, 6.07) is 6.11. The highest BCUT2D eigenvalue weighted by molar-refractivity contribution is 7.85. The van der Waals surface area contributed by atoms with E-state index in [2.05, 4.69) is 44.4 Å². The van der Waals surface area contributed by atoms with Gasteiger partial charge in [0.1, 0.15) is 0 Å². The third kappa shape index (κ3) is 4.31. The van der Waals surface area contributed by atoms with Gasteiger partial charge in [-0.15, -0.1) is 0 Å². The predicted molar refractivity (Wildman–Crippen MR) is 107 cm³/mol. The molecule has 0 radical (unpaired) electrons. The zero-order valence-corrected chi connectivity index (χ0v) is 17.0. The van der Waals surface area contributed by atoms with E-state index in [-0.39, 0.29) is 5.25 Å². The molecule has 1 heterocycles. The van der Waals surface area contributed by atoms with E-state index in [4.69, 9.17) is 4.74 Å². The molecule has 1 saturated heterocycles. The second kappa shape index (κ2) is 8.15. The van der Waals surface area contributed by atoms with E-state index in [0.29, 0.717) is 13.2 Å². The molecule has 3 nitrogen and oxygen atoms in total. The Balaban J connectivity index is 2.32. The van der Waals surface area contributed by atoms with Crippen molar-refractivity contribution >= 4 is 16.5 Å². The number of ether oxygens (including phenoxy) is 1. The molecule has 136 valence electrons. The summed E-state index contributed by atoms with van der Waals surface area (Å²) in [6.45, 7) is 15.9. The van der Waals surface area contributed by atoms with Crippen LogP contribution >= 0.6 is 0 Å². The summed E-state index contributed by atoms with van der Waals surface area (Å²) >= 11 is 0. The Morgan fingerprint density at radius 2 is 1.92 bits per heavy atom. The molecular formula is C21H29NO2S. The molecule has 1 aromatic rings. The topological polar surface area (TPSA) is 29.5 Å². The Hall–Kier alpha value is -1.65. The molecule has 1 fully saturated rings. The average Bonchev–Trinajstić information content (AvgIpc) is 2.56. The van der Waals surface area contributed by atoms with E-state index < -0.39 is 10.8 Å². The van der Waals surface area contributed by atoms with Gasteiger partial charge in [0.15, 0.2) is 0 Å². The van der Waals surface area contributed by atoms with Gasteiger partial charge < -0.3 is 9.64 Å². The minimum Gasteiger partial charge on any atom is -0.379 e. The van der Waals surface area contributed by atoms with Crippen molar-refractivity contribution in [3.8, 4) is 0 Å². The molecular weight excluding hydrogens is 330 g/mol. The van der Waals surface area contributed by atoms with Gasteiger partial charge in [-0.3, -0.25) is 4.21 Å². The van der Waals surface area contributed by atoms with Crippen molar-refractivity contribution in [2.75, 3.05) is 20.3 Å². The zero-order chi connectivity index (χ0) is 18.7.